The van der Waals surface area contributed by atoms with Crippen molar-refractivity contribution in [2.45, 2.75) is 32.5 Å². The molecule has 4 heteroatoms. The average molecular weight is 275 g/mol. The van der Waals surface area contributed by atoms with Gasteiger partial charge in [0.2, 0.25) is 0 Å². The van der Waals surface area contributed by atoms with E-state index in [0.717, 1.165) is 24.0 Å². The molecular weight excluding hydrogens is 254 g/mol. The highest BCUT2D eigenvalue weighted by atomic mass is 16.7. The Morgan fingerprint density at radius 3 is 2.35 bits per heavy atom. The summed E-state index contributed by atoms with van der Waals surface area (Å²) in [6.45, 7) is 6.84. The van der Waals surface area contributed by atoms with Crippen LogP contribution in [0.3, 0.4) is 0 Å². The maximum atomic E-state index is 12.5. The lowest BCUT2D eigenvalue weighted by molar-refractivity contribution is -0.181. The Kier molecular flexibility index (Phi) is 3.52. The molecule has 1 spiro atoms. The van der Waals surface area contributed by atoms with Gasteiger partial charge in [-0.25, -0.2) is 0 Å². The second-order valence-electron chi connectivity index (χ2n) is 5.70. The lowest BCUT2D eigenvalue weighted by Gasteiger charge is -2.37. The molecule has 0 atom stereocenters. The van der Waals surface area contributed by atoms with Crippen LogP contribution in [0.2, 0.25) is 0 Å². The fourth-order valence-electron chi connectivity index (χ4n) is 2.89. The van der Waals surface area contributed by atoms with Gasteiger partial charge in [0.15, 0.2) is 5.79 Å². The summed E-state index contributed by atoms with van der Waals surface area (Å²) in [5.41, 5.74) is 3.15. The first-order chi connectivity index (χ1) is 9.60. The number of piperidine rings is 1. The molecule has 0 radical (unpaired) electrons. The zero-order valence-electron chi connectivity index (χ0n) is 12.1. The summed E-state index contributed by atoms with van der Waals surface area (Å²) >= 11 is 0. The van der Waals surface area contributed by atoms with Crippen LogP contribution in [0.25, 0.3) is 0 Å². The van der Waals surface area contributed by atoms with Crippen molar-refractivity contribution in [3.63, 3.8) is 0 Å². The van der Waals surface area contributed by atoms with E-state index in [1.165, 1.54) is 5.56 Å². The minimum atomic E-state index is -0.417. The van der Waals surface area contributed by atoms with Crippen molar-refractivity contribution in [2.75, 3.05) is 26.3 Å². The zero-order valence-corrected chi connectivity index (χ0v) is 12.1. The summed E-state index contributed by atoms with van der Waals surface area (Å²) in [7, 11) is 0. The minimum absolute atomic E-state index is 0.112. The number of rotatable bonds is 1. The topological polar surface area (TPSA) is 38.8 Å². The molecule has 0 N–H and O–H groups in total. The number of carbonyl (C=O) groups is 1. The van der Waals surface area contributed by atoms with E-state index in [1.54, 1.807) is 0 Å². The van der Waals surface area contributed by atoms with E-state index in [1.807, 2.05) is 30.0 Å². The second-order valence-corrected chi connectivity index (χ2v) is 5.70. The van der Waals surface area contributed by atoms with Gasteiger partial charge in [0.05, 0.1) is 13.2 Å². The molecule has 2 fully saturated rings. The minimum Gasteiger partial charge on any atom is -0.347 e. The van der Waals surface area contributed by atoms with Crippen LogP contribution in [0.15, 0.2) is 18.2 Å². The third kappa shape index (κ3) is 2.45. The summed E-state index contributed by atoms with van der Waals surface area (Å²) in [5.74, 6) is -0.305. The van der Waals surface area contributed by atoms with E-state index in [9.17, 15) is 4.79 Å². The Balaban J connectivity index is 1.68. The van der Waals surface area contributed by atoms with E-state index < -0.39 is 5.79 Å². The predicted molar refractivity (Wildman–Crippen MR) is 75.7 cm³/mol. The van der Waals surface area contributed by atoms with Crippen LogP contribution < -0.4 is 0 Å². The van der Waals surface area contributed by atoms with Gasteiger partial charge in [-0.2, -0.15) is 0 Å². The van der Waals surface area contributed by atoms with Gasteiger partial charge in [-0.1, -0.05) is 6.07 Å². The molecule has 0 aromatic heterocycles. The van der Waals surface area contributed by atoms with Crippen molar-refractivity contribution in [1.82, 2.24) is 4.90 Å². The Labute approximate surface area is 119 Å². The van der Waals surface area contributed by atoms with Crippen molar-refractivity contribution < 1.29 is 14.3 Å². The van der Waals surface area contributed by atoms with Gasteiger partial charge in [0, 0.05) is 31.5 Å². The smallest absolute Gasteiger partial charge is 0.253 e. The Morgan fingerprint density at radius 2 is 1.75 bits per heavy atom. The van der Waals surface area contributed by atoms with Gasteiger partial charge in [-0.15, -0.1) is 0 Å². The largest absolute Gasteiger partial charge is 0.347 e. The molecule has 20 heavy (non-hydrogen) atoms. The molecule has 2 aliphatic rings. The van der Waals surface area contributed by atoms with Crippen molar-refractivity contribution in [2.24, 2.45) is 0 Å². The number of aryl methyl sites for hydroxylation is 2. The molecular formula is C16H21NO3. The van der Waals surface area contributed by atoms with Gasteiger partial charge in [0.25, 0.3) is 5.91 Å². The number of carbonyl (C=O) groups excluding carboxylic acids is 1. The molecule has 0 bridgehead atoms. The summed E-state index contributed by atoms with van der Waals surface area (Å²) in [5, 5.41) is 0. The number of amides is 1. The first kappa shape index (κ1) is 13.6. The van der Waals surface area contributed by atoms with Crippen molar-refractivity contribution in [3.05, 3.63) is 34.9 Å². The van der Waals surface area contributed by atoms with Crippen LogP contribution >= 0.6 is 0 Å². The Bertz CT molecular complexity index is 510. The zero-order chi connectivity index (χ0) is 14.2. The molecule has 0 saturated carbocycles. The molecule has 3 rings (SSSR count). The summed E-state index contributed by atoms with van der Waals surface area (Å²) in [6.07, 6.45) is 1.53. The lowest BCUT2D eigenvalue weighted by Crippen LogP contribution is -2.47. The van der Waals surface area contributed by atoms with Gasteiger partial charge in [-0.05, 0) is 37.1 Å². The molecule has 1 amide bonds. The van der Waals surface area contributed by atoms with Crippen LogP contribution in [0, 0.1) is 13.8 Å². The van der Waals surface area contributed by atoms with Gasteiger partial charge < -0.3 is 14.4 Å². The highest BCUT2D eigenvalue weighted by Gasteiger charge is 2.40. The summed E-state index contributed by atoms with van der Waals surface area (Å²) in [4.78, 5) is 14.4. The predicted octanol–water partition coefficient (Wildman–Crippen LogP) is 2.28. The monoisotopic (exact) mass is 275 g/mol. The number of benzene rings is 1. The van der Waals surface area contributed by atoms with Gasteiger partial charge in [0.1, 0.15) is 0 Å². The van der Waals surface area contributed by atoms with Crippen molar-refractivity contribution >= 4 is 5.91 Å². The molecule has 2 saturated heterocycles. The van der Waals surface area contributed by atoms with Crippen LogP contribution in [0.4, 0.5) is 0 Å². The molecule has 2 heterocycles. The molecule has 0 unspecified atom stereocenters. The van der Waals surface area contributed by atoms with Gasteiger partial charge >= 0.3 is 0 Å². The Morgan fingerprint density at radius 1 is 1.10 bits per heavy atom. The maximum absolute atomic E-state index is 12.5. The van der Waals surface area contributed by atoms with Crippen LogP contribution in [-0.4, -0.2) is 42.9 Å². The van der Waals surface area contributed by atoms with Crippen molar-refractivity contribution in [3.8, 4) is 0 Å². The molecule has 0 aliphatic carbocycles. The van der Waals surface area contributed by atoms with E-state index in [-0.39, 0.29) is 5.91 Å². The third-order valence-corrected chi connectivity index (χ3v) is 4.38. The molecule has 2 aliphatic heterocycles. The van der Waals surface area contributed by atoms with Crippen LogP contribution in [0.1, 0.15) is 34.3 Å². The maximum Gasteiger partial charge on any atom is 0.253 e. The fraction of sp³-hybridized carbons (Fsp3) is 0.562. The fourth-order valence-corrected chi connectivity index (χ4v) is 2.89. The molecule has 4 nitrogen and oxygen atoms in total. The lowest BCUT2D eigenvalue weighted by atomic mass is 10.0. The molecule has 1 aromatic rings. The van der Waals surface area contributed by atoms with E-state index in [0.29, 0.717) is 26.3 Å². The Hall–Kier alpha value is -1.39. The van der Waals surface area contributed by atoms with E-state index >= 15 is 0 Å². The first-order valence-electron chi connectivity index (χ1n) is 7.24. The summed E-state index contributed by atoms with van der Waals surface area (Å²) in [6, 6.07) is 5.90. The summed E-state index contributed by atoms with van der Waals surface area (Å²) < 4.78 is 11.4. The second kappa shape index (κ2) is 5.19. The van der Waals surface area contributed by atoms with Gasteiger partial charge in [-0.3, -0.25) is 4.79 Å². The van der Waals surface area contributed by atoms with E-state index in [2.05, 4.69) is 6.92 Å². The number of hydrogen-bond donors (Lipinski definition) is 0. The number of hydrogen-bond acceptors (Lipinski definition) is 3. The number of nitrogens with zero attached hydrogens (tertiary/aromatic N) is 1. The van der Waals surface area contributed by atoms with Crippen LogP contribution in [0.5, 0.6) is 0 Å². The standard InChI is InChI=1S/C16H21NO3/c1-12-3-4-14(11-13(12)2)15(18)17-7-5-16(6-8-17)19-9-10-20-16/h3-4,11H,5-10H2,1-2H3. The number of ether oxygens (including phenoxy) is 2. The average Bonchev–Trinajstić information content (AvgIpc) is 2.90. The van der Waals surface area contributed by atoms with Crippen molar-refractivity contribution in [1.29, 1.82) is 0 Å². The third-order valence-electron chi connectivity index (χ3n) is 4.38. The highest BCUT2D eigenvalue weighted by Crippen LogP contribution is 2.31. The SMILES string of the molecule is Cc1ccc(C(=O)N2CCC3(CC2)OCCO3)cc1C. The van der Waals surface area contributed by atoms with Crippen LogP contribution in [-0.2, 0) is 9.47 Å². The highest BCUT2D eigenvalue weighted by molar-refractivity contribution is 5.94. The molecule has 108 valence electrons. The quantitative estimate of drug-likeness (QED) is 0.789. The number of likely N-dealkylation sites (tertiary alicyclic amines) is 1. The normalized spacial score (nSPS) is 21.4. The van der Waals surface area contributed by atoms with E-state index in [4.69, 9.17) is 9.47 Å². The first-order valence-corrected chi connectivity index (χ1v) is 7.24. The molecule has 1 aromatic carbocycles.